The third-order valence-electron chi connectivity index (χ3n) is 4.15. The van der Waals surface area contributed by atoms with Crippen LogP contribution in [0.1, 0.15) is 21.9 Å². The predicted molar refractivity (Wildman–Crippen MR) is 111 cm³/mol. The smallest absolute Gasteiger partial charge is 0.289 e. The van der Waals surface area contributed by atoms with Gasteiger partial charge in [0.15, 0.2) is 5.76 Å². The van der Waals surface area contributed by atoms with Gasteiger partial charge in [0.1, 0.15) is 18.1 Å². The minimum Gasteiger partial charge on any atom is -0.486 e. The van der Waals surface area contributed by atoms with Crippen LogP contribution in [0.25, 0.3) is 0 Å². The van der Waals surface area contributed by atoms with Gasteiger partial charge in [0.2, 0.25) is 5.91 Å². The summed E-state index contributed by atoms with van der Waals surface area (Å²) in [5.74, 6) is 0.612. The van der Waals surface area contributed by atoms with Gasteiger partial charge in [-0.3, -0.25) is 9.59 Å². The maximum Gasteiger partial charge on any atom is 0.289 e. The van der Waals surface area contributed by atoms with Crippen LogP contribution in [0.4, 0.5) is 5.69 Å². The molecule has 3 rings (SSSR count). The molecule has 0 bridgehead atoms. The molecule has 0 saturated carbocycles. The zero-order valence-electron chi connectivity index (χ0n) is 16.1. The van der Waals surface area contributed by atoms with Crippen LogP contribution in [0, 0.1) is 6.92 Å². The second-order valence-corrected chi connectivity index (χ2v) is 6.96. The van der Waals surface area contributed by atoms with Crippen LogP contribution in [0.15, 0.2) is 65.1 Å². The van der Waals surface area contributed by atoms with E-state index in [9.17, 15) is 9.59 Å². The summed E-state index contributed by atoms with van der Waals surface area (Å²) in [6.45, 7) is 2.06. The molecular formula is C22H21ClN2O4. The Hall–Kier alpha value is -3.25. The number of hydrogen-bond acceptors (Lipinski definition) is 4. The van der Waals surface area contributed by atoms with Crippen molar-refractivity contribution in [1.82, 2.24) is 4.90 Å². The second-order valence-electron chi connectivity index (χ2n) is 6.56. The monoisotopic (exact) mass is 412 g/mol. The molecule has 0 unspecified atom stereocenters. The van der Waals surface area contributed by atoms with Crippen molar-refractivity contribution >= 4 is 29.1 Å². The number of rotatable bonds is 7. The second kappa shape index (κ2) is 9.30. The first-order chi connectivity index (χ1) is 13.9. The standard InChI is InChI=1S/C22H21ClN2O4/c1-15-7-9-16(10-8-15)28-14-17-11-12-20(29-17)22(27)25(2)13-21(26)24-19-6-4-3-5-18(19)23/h3-12H,13-14H2,1-2H3,(H,24,26). The quantitative estimate of drug-likeness (QED) is 0.618. The number of benzene rings is 2. The number of likely N-dealkylation sites (N-methyl/N-ethyl adjacent to an activating group) is 1. The molecule has 0 aliphatic rings. The van der Waals surface area contributed by atoms with Crippen LogP contribution in [0.2, 0.25) is 5.02 Å². The van der Waals surface area contributed by atoms with Gasteiger partial charge in [0.25, 0.3) is 5.91 Å². The molecule has 0 radical (unpaired) electrons. The minimum absolute atomic E-state index is 0.139. The molecule has 1 N–H and O–H groups in total. The number of hydrogen-bond donors (Lipinski definition) is 1. The SMILES string of the molecule is Cc1ccc(OCc2ccc(C(=O)N(C)CC(=O)Nc3ccccc3Cl)o2)cc1. The average Bonchev–Trinajstić information content (AvgIpc) is 3.17. The van der Waals surface area contributed by atoms with Gasteiger partial charge in [-0.05, 0) is 43.3 Å². The number of anilines is 1. The van der Waals surface area contributed by atoms with Crippen molar-refractivity contribution in [2.75, 3.05) is 18.9 Å². The summed E-state index contributed by atoms with van der Waals surface area (Å²) in [5.41, 5.74) is 1.64. The zero-order valence-corrected chi connectivity index (χ0v) is 16.9. The topological polar surface area (TPSA) is 71.8 Å². The van der Waals surface area contributed by atoms with Crippen molar-refractivity contribution in [3.63, 3.8) is 0 Å². The van der Waals surface area contributed by atoms with E-state index in [4.69, 9.17) is 20.8 Å². The highest BCUT2D eigenvalue weighted by atomic mass is 35.5. The molecule has 150 valence electrons. The highest BCUT2D eigenvalue weighted by Crippen LogP contribution is 2.20. The first-order valence-electron chi connectivity index (χ1n) is 9.00. The third kappa shape index (κ3) is 5.62. The highest BCUT2D eigenvalue weighted by molar-refractivity contribution is 6.33. The Morgan fingerprint density at radius 1 is 1.07 bits per heavy atom. The number of ether oxygens (including phenoxy) is 1. The molecule has 29 heavy (non-hydrogen) atoms. The van der Waals surface area contributed by atoms with Crippen molar-refractivity contribution in [3.8, 4) is 5.75 Å². The summed E-state index contributed by atoms with van der Waals surface area (Å²) >= 11 is 6.03. The summed E-state index contributed by atoms with van der Waals surface area (Å²) in [6.07, 6.45) is 0. The molecule has 1 heterocycles. The number of carbonyl (C=O) groups is 2. The number of amides is 2. The molecule has 0 fully saturated rings. The van der Waals surface area contributed by atoms with E-state index in [1.807, 2.05) is 31.2 Å². The Bertz CT molecular complexity index is 998. The van der Waals surface area contributed by atoms with Gasteiger partial charge in [-0.15, -0.1) is 0 Å². The third-order valence-corrected chi connectivity index (χ3v) is 4.48. The average molecular weight is 413 g/mol. The number of para-hydroxylation sites is 1. The van der Waals surface area contributed by atoms with E-state index in [0.29, 0.717) is 22.2 Å². The van der Waals surface area contributed by atoms with Crippen molar-refractivity contribution in [2.45, 2.75) is 13.5 Å². The highest BCUT2D eigenvalue weighted by Gasteiger charge is 2.19. The van der Waals surface area contributed by atoms with Crippen LogP contribution < -0.4 is 10.1 Å². The number of nitrogens with zero attached hydrogens (tertiary/aromatic N) is 1. The van der Waals surface area contributed by atoms with Crippen molar-refractivity contribution in [3.05, 3.63) is 82.8 Å². The molecular weight excluding hydrogens is 392 g/mol. The first-order valence-corrected chi connectivity index (χ1v) is 9.38. The van der Waals surface area contributed by atoms with Crippen LogP contribution in [-0.2, 0) is 11.4 Å². The first kappa shape index (κ1) is 20.5. The van der Waals surface area contributed by atoms with E-state index >= 15 is 0 Å². The van der Waals surface area contributed by atoms with Gasteiger partial charge in [0, 0.05) is 7.05 Å². The molecule has 0 aliphatic carbocycles. The summed E-state index contributed by atoms with van der Waals surface area (Å²) in [6, 6.07) is 17.8. The van der Waals surface area contributed by atoms with E-state index in [2.05, 4.69) is 5.32 Å². The lowest BCUT2D eigenvalue weighted by molar-refractivity contribution is -0.116. The molecule has 0 spiro atoms. The lowest BCUT2D eigenvalue weighted by Crippen LogP contribution is -2.34. The van der Waals surface area contributed by atoms with Crippen LogP contribution in [0.3, 0.4) is 0 Å². The van der Waals surface area contributed by atoms with Crippen molar-refractivity contribution < 1.29 is 18.7 Å². The fraction of sp³-hybridized carbons (Fsp3) is 0.182. The van der Waals surface area contributed by atoms with E-state index in [1.54, 1.807) is 36.4 Å². The molecule has 6 nitrogen and oxygen atoms in total. The van der Waals surface area contributed by atoms with E-state index in [0.717, 1.165) is 5.56 Å². The van der Waals surface area contributed by atoms with Crippen molar-refractivity contribution in [1.29, 1.82) is 0 Å². The molecule has 0 aliphatic heterocycles. The van der Waals surface area contributed by atoms with E-state index < -0.39 is 5.91 Å². The normalized spacial score (nSPS) is 10.4. The molecule has 0 saturated heterocycles. The number of halogens is 1. The number of carbonyl (C=O) groups excluding carboxylic acids is 2. The Morgan fingerprint density at radius 3 is 2.52 bits per heavy atom. The maximum absolute atomic E-state index is 12.5. The molecule has 7 heteroatoms. The Morgan fingerprint density at radius 2 is 1.79 bits per heavy atom. The fourth-order valence-electron chi connectivity index (χ4n) is 2.59. The number of furan rings is 1. The molecule has 2 aromatic carbocycles. The number of nitrogens with one attached hydrogen (secondary N) is 1. The fourth-order valence-corrected chi connectivity index (χ4v) is 2.77. The van der Waals surface area contributed by atoms with Gasteiger partial charge in [-0.2, -0.15) is 0 Å². The molecule has 3 aromatic rings. The Labute approximate surface area is 174 Å². The molecule has 0 atom stereocenters. The summed E-state index contributed by atoms with van der Waals surface area (Å²) in [5, 5.41) is 3.11. The lowest BCUT2D eigenvalue weighted by atomic mass is 10.2. The maximum atomic E-state index is 12.5. The van der Waals surface area contributed by atoms with Gasteiger partial charge in [-0.1, -0.05) is 41.4 Å². The lowest BCUT2D eigenvalue weighted by Gasteiger charge is -2.15. The number of aryl methyl sites for hydroxylation is 1. The molecule has 2 amide bonds. The van der Waals surface area contributed by atoms with Gasteiger partial charge in [0.05, 0.1) is 17.3 Å². The Kier molecular flexibility index (Phi) is 6.57. The largest absolute Gasteiger partial charge is 0.486 e. The van der Waals surface area contributed by atoms with Crippen LogP contribution >= 0.6 is 11.6 Å². The van der Waals surface area contributed by atoms with Gasteiger partial charge in [-0.25, -0.2) is 0 Å². The predicted octanol–water partition coefficient (Wildman–Crippen LogP) is 4.53. The Balaban J connectivity index is 1.53. The summed E-state index contributed by atoms with van der Waals surface area (Å²) in [4.78, 5) is 26.0. The van der Waals surface area contributed by atoms with E-state index in [-0.39, 0.29) is 24.8 Å². The van der Waals surface area contributed by atoms with Crippen molar-refractivity contribution in [2.24, 2.45) is 0 Å². The van der Waals surface area contributed by atoms with Gasteiger partial charge < -0.3 is 19.4 Å². The summed E-state index contributed by atoms with van der Waals surface area (Å²) in [7, 11) is 1.53. The summed E-state index contributed by atoms with van der Waals surface area (Å²) < 4.78 is 11.2. The van der Waals surface area contributed by atoms with Crippen LogP contribution in [-0.4, -0.2) is 30.3 Å². The van der Waals surface area contributed by atoms with Crippen LogP contribution in [0.5, 0.6) is 5.75 Å². The van der Waals surface area contributed by atoms with Gasteiger partial charge >= 0.3 is 0 Å². The molecule has 1 aromatic heterocycles. The van der Waals surface area contributed by atoms with E-state index in [1.165, 1.54) is 11.9 Å². The minimum atomic E-state index is -0.402. The zero-order chi connectivity index (χ0) is 20.8.